The minimum atomic E-state index is -4.39. The molecule has 0 aromatic rings. The number of allylic oxidation sites excluding steroid dienone is 10. The van der Waals surface area contributed by atoms with Crippen molar-refractivity contribution in [2.45, 2.75) is 322 Å². The van der Waals surface area contributed by atoms with Gasteiger partial charge < -0.3 is 20.1 Å². The topological polar surface area (TPSA) is 134 Å². The quantitative estimate of drug-likeness (QED) is 0.0264. The summed E-state index contributed by atoms with van der Waals surface area (Å²) in [7, 11) is -4.39. The molecule has 0 aromatic carbocycles. The molecule has 0 aliphatic carbocycles. The Hall–Kier alpha value is -2.29. The van der Waals surface area contributed by atoms with Gasteiger partial charge in [0, 0.05) is 19.4 Å². The van der Waals surface area contributed by atoms with E-state index in [9.17, 15) is 19.0 Å². The average Bonchev–Trinajstić information content (AvgIpc) is 3.41. The van der Waals surface area contributed by atoms with Crippen molar-refractivity contribution in [3.63, 3.8) is 0 Å². The summed E-state index contributed by atoms with van der Waals surface area (Å²) < 4.78 is 33.0. The minimum Gasteiger partial charge on any atom is -0.462 e. The monoisotopic (exact) mass is 1090 g/mol. The summed E-state index contributed by atoms with van der Waals surface area (Å²) in [5, 5.41) is 0. The lowest BCUT2D eigenvalue weighted by Crippen LogP contribution is -2.29. The fourth-order valence-corrected chi connectivity index (χ4v) is 10.1. The summed E-state index contributed by atoms with van der Waals surface area (Å²) >= 11 is 0. The van der Waals surface area contributed by atoms with Gasteiger partial charge in [-0.2, -0.15) is 0 Å². The Balaban J connectivity index is 3.74. The molecule has 0 saturated carbocycles. The molecule has 0 saturated heterocycles. The highest BCUT2D eigenvalue weighted by atomic mass is 31.2. The van der Waals surface area contributed by atoms with Crippen LogP contribution in [0.2, 0.25) is 0 Å². The smallest absolute Gasteiger partial charge is 0.462 e. The van der Waals surface area contributed by atoms with E-state index in [1.807, 2.05) is 0 Å². The Morgan fingerprint density at radius 2 is 0.697 bits per heavy atom. The van der Waals surface area contributed by atoms with Crippen molar-refractivity contribution in [2.75, 3.05) is 26.4 Å². The number of hydrogen-bond donors (Lipinski definition) is 2. The molecule has 0 bridgehead atoms. The number of phosphoric acid groups is 1. The van der Waals surface area contributed by atoms with Gasteiger partial charge in [0.25, 0.3) is 0 Å². The molecule has 76 heavy (non-hydrogen) atoms. The summed E-state index contributed by atoms with van der Waals surface area (Å²) in [6.07, 6.45) is 79.0. The maximum absolute atomic E-state index is 12.7. The molecule has 0 aromatic heterocycles. The maximum atomic E-state index is 12.7. The predicted molar refractivity (Wildman–Crippen MR) is 326 cm³/mol. The molecule has 0 aliphatic heterocycles. The zero-order valence-electron chi connectivity index (χ0n) is 49.7. The van der Waals surface area contributed by atoms with Crippen molar-refractivity contribution < 1.29 is 37.6 Å². The first kappa shape index (κ1) is 73.7. The molecule has 9 nitrogen and oxygen atoms in total. The van der Waals surface area contributed by atoms with Crippen LogP contribution in [0.25, 0.3) is 0 Å². The molecule has 0 radical (unpaired) electrons. The summed E-state index contributed by atoms with van der Waals surface area (Å²) in [5.74, 6) is -0.833. The van der Waals surface area contributed by atoms with Gasteiger partial charge in [-0.15, -0.1) is 0 Å². The Morgan fingerprint density at radius 1 is 0.395 bits per heavy atom. The van der Waals surface area contributed by atoms with E-state index >= 15 is 0 Å². The number of esters is 2. The van der Waals surface area contributed by atoms with Crippen LogP contribution in [-0.4, -0.2) is 49.3 Å². The summed E-state index contributed by atoms with van der Waals surface area (Å²) in [6.45, 7) is 3.70. The van der Waals surface area contributed by atoms with E-state index in [2.05, 4.69) is 74.6 Å². The third-order valence-corrected chi connectivity index (χ3v) is 15.1. The first-order chi connectivity index (χ1) is 37.3. The molecule has 0 spiro atoms. The van der Waals surface area contributed by atoms with Gasteiger partial charge >= 0.3 is 19.8 Å². The molecule has 3 N–H and O–H groups in total. The lowest BCUT2D eigenvalue weighted by Gasteiger charge is -2.19. The Bertz CT molecular complexity index is 1430. The molecule has 2 atom stereocenters. The molecular weight excluding hydrogens is 966 g/mol. The van der Waals surface area contributed by atoms with Crippen LogP contribution in [0.3, 0.4) is 0 Å². The van der Waals surface area contributed by atoms with Gasteiger partial charge in [0.1, 0.15) is 6.61 Å². The Morgan fingerprint density at radius 3 is 1.05 bits per heavy atom. The predicted octanol–water partition coefficient (Wildman–Crippen LogP) is 20.7. The van der Waals surface area contributed by atoms with Crippen LogP contribution in [0.1, 0.15) is 316 Å². The van der Waals surface area contributed by atoms with Crippen LogP contribution >= 0.6 is 7.82 Å². The average molecular weight is 1090 g/mol. The lowest BCUT2D eigenvalue weighted by molar-refractivity contribution is -0.161. The first-order valence-corrected chi connectivity index (χ1v) is 33.8. The van der Waals surface area contributed by atoms with Crippen LogP contribution in [0, 0.1) is 0 Å². The molecule has 0 heterocycles. The second-order valence-corrected chi connectivity index (χ2v) is 23.1. The lowest BCUT2D eigenvalue weighted by atomic mass is 10.0. The van der Waals surface area contributed by atoms with E-state index in [0.29, 0.717) is 6.42 Å². The van der Waals surface area contributed by atoms with E-state index in [-0.39, 0.29) is 32.6 Å². The molecule has 2 unspecified atom stereocenters. The SMILES string of the molecule is CCCC/C=C\C/C=C\CCCCCCCC(=O)OCC(COP(=O)(O)OCCN)OC(=O)CCCCCCCCCCCCCCCCCCCCCCCCCCCC/C=C\C/C=C\C/C=C\CCCCCCC. The third-order valence-electron chi connectivity index (χ3n) is 14.1. The summed E-state index contributed by atoms with van der Waals surface area (Å²) in [5.41, 5.74) is 5.38. The number of phosphoric ester groups is 1. The van der Waals surface area contributed by atoms with Crippen LogP contribution in [-0.2, 0) is 32.7 Å². The zero-order chi connectivity index (χ0) is 55.2. The second kappa shape index (κ2) is 61.9. The van der Waals surface area contributed by atoms with Gasteiger partial charge in [0.15, 0.2) is 6.10 Å². The number of hydrogen-bond acceptors (Lipinski definition) is 8. The highest BCUT2D eigenvalue weighted by molar-refractivity contribution is 7.47. The van der Waals surface area contributed by atoms with E-state index in [0.717, 1.165) is 77.0 Å². The van der Waals surface area contributed by atoms with Crippen molar-refractivity contribution in [1.29, 1.82) is 0 Å². The minimum absolute atomic E-state index is 0.0517. The van der Waals surface area contributed by atoms with Crippen LogP contribution in [0.5, 0.6) is 0 Å². The Kier molecular flexibility index (Phi) is 60.0. The standard InChI is InChI=1S/C66H122NO8P/c1-3-5-7-9-11-13-15-17-19-20-21-22-23-24-25-26-27-28-29-30-31-32-33-34-35-36-37-38-39-40-41-42-43-44-45-47-49-51-53-55-57-59-66(69)75-64(63-74-76(70,71)73-61-60-67)62-72-65(68)58-56-54-52-50-48-46-18-16-14-12-10-8-6-4-2/h10,12,15-18,20-21,23-24,64H,3-9,11,13-14,19,22,25-63,67H2,1-2H3,(H,70,71)/b12-10-,17-15-,18-16-,21-20-,24-23-. The van der Waals surface area contributed by atoms with Gasteiger partial charge in [-0.1, -0.05) is 286 Å². The fourth-order valence-electron chi connectivity index (χ4n) is 9.31. The number of carbonyl (C=O) groups excluding carboxylic acids is 2. The molecule has 444 valence electrons. The number of ether oxygens (including phenoxy) is 2. The summed E-state index contributed by atoms with van der Waals surface area (Å²) in [4.78, 5) is 35.1. The van der Waals surface area contributed by atoms with Crippen LogP contribution < -0.4 is 5.73 Å². The largest absolute Gasteiger partial charge is 0.472 e. The van der Waals surface area contributed by atoms with Crippen molar-refractivity contribution in [2.24, 2.45) is 5.73 Å². The van der Waals surface area contributed by atoms with E-state index < -0.39 is 32.5 Å². The molecular formula is C66H122NO8P. The first-order valence-electron chi connectivity index (χ1n) is 32.3. The van der Waals surface area contributed by atoms with Gasteiger partial charge in [0.05, 0.1) is 13.2 Å². The molecule has 0 amide bonds. The normalized spacial score (nSPS) is 13.4. The van der Waals surface area contributed by atoms with E-state index in [4.69, 9.17) is 24.3 Å². The molecule has 0 rings (SSSR count). The van der Waals surface area contributed by atoms with Gasteiger partial charge in [-0.05, 0) is 77.0 Å². The highest BCUT2D eigenvalue weighted by Gasteiger charge is 2.26. The van der Waals surface area contributed by atoms with Crippen LogP contribution in [0.15, 0.2) is 60.8 Å². The zero-order valence-corrected chi connectivity index (χ0v) is 50.6. The third kappa shape index (κ3) is 60.9. The van der Waals surface area contributed by atoms with Gasteiger partial charge in [-0.25, -0.2) is 4.57 Å². The molecule has 0 aliphatic rings. The maximum Gasteiger partial charge on any atom is 0.472 e. The summed E-state index contributed by atoms with van der Waals surface area (Å²) in [6, 6.07) is 0. The van der Waals surface area contributed by atoms with Crippen molar-refractivity contribution in [3.8, 4) is 0 Å². The number of unbranched alkanes of at least 4 members (excludes halogenated alkanes) is 38. The van der Waals surface area contributed by atoms with Crippen molar-refractivity contribution in [3.05, 3.63) is 60.8 Å². The molecule has 10 heteroatoms. The Labute approximate surface area is 469 Å². The van der Waals surface area contributed by atoms with Gasteiger partial charge in [-0.3, -0.25) is 18.6 Å². The number of nitrogens with two attached hydrogens (primary N) is 1. The molecule has 0 fully saturated rings. The number of carbonyl (C=O) groups is 2. The fraction of sp³-hybridized carbons (Fsp3) is 0.818. The van der Waals surface area contributed by atoms with Gasteiger partial charge in [0.2, 0.25) is 0 Å². The highest BCUT2D eigenvalue weighted by Crippen LogP contribution is 2.43. The van der Waals surface area contributed by atoms with E-state index in [1.54, 1.807) is 0 Å². The van der Waals surface area contributed by atoms with E-state index in [1.165, 1.54) is 205 Å². The number of rotatable bonds is 61. The van der Waals surface area contributed by atoms with Crippen molar-refractivity contribution in [1.82, 2.24) is 0 Å². The second-order valence-electron chi connectivity index (χ2n) is 21.6. The van der Waals surface area contributed by atoms with Crippen molar-refractivity contribution >= 4 is 19.8 Å². The van der Waals surface area contributed by atoms with Crippen LogP contribution in [0.4, 0.5) is 0 Å².